The number of carbonyl (C=O) groups is 2. The summed E-state index contributed by atoms with van der Waals surface area (Å²) in [4.78, 5) is 24.7. The van der Waals surface area contributed by atoms with Gasteiger partial charge in [0, 0.05) is 12.8 Å². The Bertz CT molecular complexity index is 1280. The van der Waals surface area contributed by atoms with Crippen molar-refractivity contribution in [1.29, 1.82) is 0 Å². The van der Waals surface area contributed by atoms with Crippen molar-refractivity contribution >= 4 is 56.5 Å². The molecule has 0 spiro atoms. The van der Waals surface area contributed by atoms with Crippen molar-refractivity contribution in [3.8, 4) is 0 Å². The molecule has 1 unspecified atom stereocenters. The number of aryl methyl sites for hydroxylation is 2. The number of nitrogens with one attached hydrogen (secondary N) is 2. The van der Waals surface area contributed by atoms with E-state index in [9.17, 15) is 14.7 Å². The summed E-state index contributed by atoms with van der Waals surface area (Å²) in [5.74, 6) is 0.652. The molecule has 0 aliphatic carbocycles. The fourth-order valence-corrected chi connectivity index (χ4v) is 6.03. The van der Waals surface area contributed by atoms with Crippen LogP contribution in [0.1, 0.15) is 27.1 Å². The number of nitrogens with zero attached hydrogens (tertiary/aromatic N) is 4. The summed E-state index contributed by atoms with van der Waals surface area (Å²) in [5.41, 5.74) is 1.70. The maximum Gasteiger partial charge on any atom is 0.236 e. The zero-order chi connectivity index (χ0) is 25.9. The Labute approximate surface area is 226 Å². The molecule has 0 radical (unpaired) electrons. The molecule has 2 aromatic carbocycles. The van der Waals surface area contributed by atoms with Crippen molar-refractivity contribution in [3.05, 3.63) is 81.8 Å². The van der Waals surface area contributed by atoms with E-state index < -0.39 is 5.92 Å². The second kappa shape index (κ2) is 13.9. The standard InChI is InChI=1S/C25H26N6O3S3/c32-16-19(18-9-5-2-6-10-18)23(34)27-25-31-29-22(37-25)12-14-35-13-11-21-28-30-24(36-21)26-20(33)15-17-7-3-1-4-8-17/h1-10,19,32H,11-16H2,(H,26,30,33)(H,27,31,34). The number of amides is 2. The van der Waals surface area contributed by atoms with Crippen LogP contribution >= 0.6 is 34.4 Å². The summed E-state index contributed by atoms with van der Waals surface area (Å²) in [5, 5.41) is 34.3. The molecule has 0 saturated carbocycles. The number of thioether (sulfide) groups is 1. The second-order valence-electron chi connectivity index (χ2n) is 7.96. The molecular weight excluding hydrogens is 529 g/mol. The first kappa shape index (κ1) is 26.9. The fourth-order valence-electron chi connectivity index (χ4n) is 3.39. The zero-order valence-electron chi connectivity index (χ0n) is 19.9. The third-order valence-corrected chi connectivity index (χ3v) is 8.02. The first-order valence-electron chi connectivity index (χ1n) is 11.6. The largest absolute Gasteiger partial charge is 0.395 e. The lowest BCUT2D eigenvalue weighted by Crippen LogP contribution is -2.23. The number of benzene rings is 2. The van der Waals surface area contributed by atoms with E-state index in [0.717, 1.165) is 45.5 Å². The average Bonchev–Trinajstić information content (AvgIpc) is 3.54. The van der Waals surface area contributed by atoms with Gasteiger partial charge < -0.3 is 10.4 Å². The van der Waals surface area contributed by atoms with Crippen LogP contribution in [-0.4, -0.2) is 55.4 Å². The lowest BCUT2D eigenvalue weighted by Gasteiger charge is -2.13. The van der Waals surface area contributed by atoms with Gasteiger partial charge in [-0.15, -0.1) is 20.4 Å². The van der Waals surface area contributed by atoms with Crippen LogP contribution in [0.5, 0.6) is 0 Å². The van der Waals surface area contributed by atoms with Gasteiger partial charge in [-0.2, -0.15) is 11.8 Å². The SMILES string of the molecule is O=C(Cc1ccccc1)Nc1nnc(CCSCCc2nnc(NC(=O)C(CO)c3ccccc3)s2)s1. The summed E-state index contributed by atoms with van der Waals surface area (Å²) in [6.45, 7) is -0.283. The van der Waals surface area contributed by atoms with Gasteiger partial charge in [0.1, 0.15) is 10.0 Å². The number of rotatable bonds is 13. The van der Waals surface area contributed by atoms with E-state index in [0.29, 0.717) is 16.7 Å². The summed E-state index contributed by atoms with van der Waals surface area (Å²) >= 11 is 4.50. The minimum Gasteiger partial charge on any atom is -0.395 e. The molecule has 0 aliphatic heterocycles. The van der Waals surface area contributed by atoms with E-state index in [4.69, 9.17) is 0 Å². The fraction of sp³-hybridized carbons (Fsp3) is 0.280. The van der Waals surface area contributed by atoms with E-state index in [1.165, 1.54) is 22.7 Å². The molecule has 12 heteroatoms. The van der Waals surface area contributed by atoms with Crippen LogP contribution < -0.4 is 10.6 Å². The Morgan fingerprint density at radius 2 is 1.38 bits per heavy atom. The minimum absolute atomic E-state index is 0.108. The third kappa shape index (κ3) is 8.42. The quantitative estimate of drug-likeness (QED) is 0.213. The molecule has 2 aromatic heterocycles. The van der Waals surface area contributed by atoms with Crippen molar-refractivity contribution in [2.24, 2.45) is 0 Å². The van der Waals surface area contributed by atoms with E-state index in [2.05, 4.69) is 31.0 Å². The van der Waals surface area contributed by atoms with Crippen molar-refractivity contribution < 1.29 is 14.7 Å². The van der Waals surface area contributed by atoms with Crippen LogP contribution in [-0.2, 0) is 28.9 Å². The molecule has 3 N–H and O–H groups in total. The predicted octanol–water partition coefficient (Wildman–Crippen LogP) is 3.80. The zero-order valence-corrected chi connectivity index (χ0v) is 22.3. The minimum atomic E-state index is -0.651. The van der Waals surface area contributed by atoms with Gasteiger partial charge in [-0.25, -0.2) is 0 Å². The molecule has 4 rings (SSSR count). The van der Waals surface area contributed by atoms with Crippen LogP contribution in [0.25, 0.3) is 0 Å². The Balaban J connectivity index is 1.14. The highest BCUT2D eigenvalue weighted by Gasteiger charge is 2.21. The first-order valence-corrected chi connectivity index (χ1v) is 14.4. The number of hydrogen-bond acceptors (Lipinski definition) is 10. The van der Waals surface area contributed by atoms with Crippen LogP contribution in [0.15, 0.2) is 60.7 Å². The molecule has 0 aliphatic rings. The summed E-state index contributed by atoms with van der Waals surface area (Å²) < 4.78 is 0. The van der Waals surface area contributed by atoms with Crippen LogP contribution in [0.4, 0.5) is 10.3 Å². The number of hydrogen-bond donors (Lipinski definition) is 3. The molecule has 2 amide bonds. The molecule has 1 atom stereocenters. The molecule has 0 bridgehead atoms. The first-order chi connectivity index (χ1) is 18.1. The number of aliphatic hydroxyl groups is 1. The van der Waals surface area contributed by atoms with Crippen molar-refractivity contribution in [2.75, 3.05) is 28.7 Å². The highest BCUT2D eigenvalue weighted by Crippen LogP contribution is 2.22. The van der Waals surface area contributed by atoms with Gasteiger partial charge in [0.2, 0.25) is 22.1 Å². The monoisotopic (exact) mass is 554 g/mol. The molecule has 4 aromatic rings. The number of aromatic nitrogens is 4. The highest BCUT2D eigenvalue weighted by atomic mass is 32.2. The summed E-state index contributed by atoms with van der Waals surface area (Å²) in [7, 11) is 0. The van der Waals surface area contributed by atoms with Gasteiger partial charge in [0.15, 0.2) is 0 Å². The van der Waals surface area contributed by atoms with Crippen LogP contribution in [0, 0.1) is 0 Å². The Morgan fingerprint density at radius 1 is 0.811 bits per heavy atom. The average molecular weight is 555 g/mol. The topological polar surface area (TPSA) is 130 Å². The Hall–Kier alpha value is -3.19. The Kier molecular flexibility index (Phi) is 10.1. The van der Waals surface area contributed by atoms with Gasteiger partial charge in [0.05, 0.1) is 18.9 Å². The third-order valence-electron chi connectivity index (χ3n) is 5.24. The lowest BCUT2D eigenvalue weighted by molar-refractivity contribution is -0.118. The van der Waals surface area contributed by atoms with Crippen molar-refractivity contribution in [2.45, 2.75) is 25.2 Å². The number of aliphatic hydroxyl groups excluding tert-OH is 1. The van der Waals surface area contributed by atoms with Gasteiger partial charge in [-0.3, -0.25) is 14.9 Å². The van der Waals surface area contributed by atoms with E-state index in [1.54, 1.807) is 11.8 Å². The molecule has 0 saturated heterocycles. The molecule has 0 fully saturated rings. The van der Waals surface area contributed by atoms with Crippen molar-refractivity contribution in [1.82, 2.24) is 20.4 Å². The number of anilines is 2. The predicted molar refractivity (Wildman–Crippen MR) is 148 cm³/mol. The second-order valence-corrected chi connectivity index (χ2v) is 11.3. The van der Waals surface area contributed by atoms with Crippen LogP contribution in [0.3, 0.4) is 0 Å². The van der Waals surface area contributed by atoms with E-state index in [1.807, 2.05) is 60.7 Å². The summed E-state index contributed by atoms with van der Waals surface area (Å²) in [6.07, 6.45) is 1.80. The van der Waals surface area contributed by atoms with Gasteiger partial charge in [-0.1, -0.05) is 83.3 Å². The molecular formula is C25H26N6O3S3. The normalized spacial score (nSPS) is 11.7. The maximum absolute atomic E-state index is 12.6. The van der Waals surface area contributed by atoms with Gasteiger partial charge >= 0.3 is 0 Å². The lowest BCUT2D eigenvalue weighted by atomic mass is 9.99. The van der Waals surface area contributed by atoms with Crippen molar-refractivity contribution in [3.63, 3.8) is 0 Å². The van der Waals surface area contributed by atoms with Gasteiger partial charge in [0.25, 0.3) is 0 Å². The van der Waals surface area contributed by atoms with E-state index >= 15 is 0 Å². The molecule has 192 valence electrons. The van der Waals surface area contributed by atoms with Gasteiger partial charge in [-0.05, 0) is 22.6 Å². The summed E-state index contributed by atoms with van der Waals surface area (Å²) in [6, 6.07) is 18.7. The maximum atomic E-state index is 12.6. The highest BCUT2D eigenvalue weighted by molar-refractivity contribution is 7.99. The molecule has 9 nitrogen and oxygen atoms in total. The van der Waals surface area contributed by atoms with Crippen LogP contribution in [0.2, 0.25) is 0 Å². The molecule has 37 heavy (non-hydrogen) atoms. The smallest absolute Gasteiger partial charge is 0.236 e. The Morgan fingerprint density at radius 3 is 1.97 bits per heavy atom. The van der Waals surface area contributed by atoms with E-state index in [-0.39, 0.29) is 18.4 Å². The number of carbonyl (C=O) groups excluding carboxylic acids is 2. The molecule has 2 heterocycles.